The fourth-order valence-electron chi connectivity index (χ4n) is 0.463. The van der Waals surface area contributed by atoms with Gasteiger partial charge in [-0.05, 0) is 6.42 Å². The molecule has 0 spiro atoms. The van der Waals surface area contributed by atoms with Crippen LogP contribution in [0, 0.1) is 0 Å². The predicted octanol–water partition coefficient (Wildman–Crippen LogP) is 2.22. The van der Waals surface area contributed by atoms with E-state index in [2.05, 4.69) is 0 Å². The topological polar surface area (TPSA) is 0 Å². The molecule has 0 N–H and O–H groups in total. The third-order valence-corrected chi connectivity index (χ3v) is 1.11. The molecule has 0 nitrogen and oxygen atoms in total. The molecule has 0 bridgehead atoms. The average Bonchev–Trinajstić information content (AvgIpc) is 2.42. The lowest BCUT2D eigenvalue weighted by atomic mass is 10.3. The second-order valence-electron chi connectivity index (χ2n) is 1.86. The first-order chi connectivity index (χ1) is 4.05. The smallest absolute Gasteiger partial charge is 0.203 e. The van der Waals surface area contributed by atoms with Gasteiger partial charge < -0.3 is 0 Å². The molecule has 0 aliphatic heterocycles. The second kappa shape index (κ2) is 1.72. The summed E-state index contributed by atoms with van der Waals surface area (Å²) in [6.07, 6.45) is -2.41. The van der Waals surface area contributed by atoms with Crippen LogP contribution in [0.15, 0.2) is 11.6 Å². The summed E-state index contributed by atoms with van der Waals surface area (Å²) < 4.78 is 46.5. The summed E-state index contributed by atoms with van der Waals surface area (Å²) in [5.41, 5.74) is -0.433. The maximum Gasteiger partial charge on any atom is 0.329 e. The van der Waals surface area contributed by atoms with Crippen molar-refractivity contribution >= 4 is 0 Å². The molecule has 0 atom stereocenters. The van der Waals surface area contributed by atoms with E-state index in [-0.39, 0.29) is 6.42 Å². The molecule has 1 aliphatic carbocycles. The van der Waals surface area contributed by atoms with Crippen molar-refractivity contribution in [1.29, 1.82) is 0 Å². The van der Waals surface area contributed by atoms with E-state index in [9.17, 15) is 17.6 Å². The third-order valence-electron chi connectivity index (χ3n) is 1.11. The molecule has 0 radical (unpaired) electrons. The number of allylic oxidation sites excluding steroid dienone is 2. The number of hydrogen-bond acceptors (Lipinski definition) is 0. The molecule has 0 saturated carbocycles. The zero-order chi connectivity index (χ0) is 7.07. The summed E-state index contributed by atoms with van der Waals surface area (Å²) >= 11 is 0. The van der Waals surface area contributed by atoms with Crippen molar-refractivity contribution in [3.05, 3.63) is 11.6 Å². The molecule has 0 heterocycles. The summed E-state index contributed by atoms with van der Waals surface area (Å²) in [5.74, 6) is -3.86. The highest BCUT2D eigenvalue weighted by Gasteiger charge is 2.47. The number of rotatable bonds is 2. The largest absolute Gasteiger partial charge is 0.329 e. The van der Waals surface area contributed by atoms with Gasteiger partial charge in [-0.1, -0.05) is 6.08 Å². The van der Waals surface area contributed by atoms with E-state index >= 15 is 0 Å². The number of halogens is 4. The van der Waals surface area contributed by atoms with Crippen LogP contribution in [-0.2, 0) is 0 Å². The van der Waals surface area contributed by atoms with Crippen LogP contribution in [-0.4, -0.2) is 12.3 Å². The van der Waals surface area contributed by atoms with Gasteiger partial charge in [0.2, 0.25) is 0 Å². The van der Waals surface area contributed by atoms with Crippen LogP contribution < -0.4 is 0 Å². The van der Waals surface area contributed by atoms with E-state index in [1.165, 1.54) is 0 Å². The van der Waals surface area contributed by atoms with Gasteiger partial charge >= 0.3 is 12.3 Å². The molecule has 0 aromatic heterocycles. The number of alkyl halides is 4. The van der Waals surface area contributed by atoms with Crippen LogP contribution in [0.2, 0.25) is 0 Å². The van der Waals surface area contributed by atoms with E-state index in [0.717, 1.165) is 6.08 Å². The van der Waals surface area contributed by atoms with Gasteiger partial charge in [-0.3, -0.25) is 0 Å². The minimum absolute atomic E-state index is 0.0390. The zero-order valence-electron chi connectivity index (χ0n) is 4.37. The summed E-state index contributed by atoms with van der Waals surface area (Å²) in [6, 6.07) is 0. The molecule has 0 aromatic rings. The van der Waals surface area contributed by atoms with Gasteiger partial charge in [0.1, 0.15) is 0 Å². The van der Waals surface area contributed by atoms with Crippen molar-refractivity contribution in [2.45, 2.75) is 18.8 Å². The standard InChI is InChI=1S/C5H4F4/c6-4(7)5(8,9)3-1-2-3/h1,4H,2H2. The maximum atomic E-state index is 11.9. The molecule has 52 valence electrons. The number of hydrogen-bond donors (Lipinski definition) is 0. The first-order valence-electron chi connectivity index (χ1n) is 2.40. The molecular weight excluding hydrogens is 136 g/mol. The molecule has 0 unspecified atom stereocenters. The molecule has 0 saturated heterocycles. The Morgan fingerprint density at radius 3 is 2.00 bits per heavy atom. The van der Waals surface area contributed by atoms with Crippen LogP contribution in [0.1, 0.15) is 6.42 Å². The van der Waals surface area contributed by atoms with Gasteiger partial charge in [0.25, 0.3) is 0 Å². The summed E-state index contributed by atoms with van der Waals surface area (Å²) in [6.45, 7) is 0. The molecule has 4 heteroatoms. The Bertz CT molecular complexity index is 147. The predicted molar refractivity (Wildman–Crippen MR) is 23.7 cm³/mol. The highest BCUT2D eigenvalue weighted by molar-refractivity contribution is 5.30. The van der Waals surface area contributed by atoms with Crippen molar-refractivity contribution < 1.29 is 17.6 Å². The van der Waals surface area contributed by atoms with Crippen LogP contribution >= 0.6 is 0 Å². The molecule has 0 fully saturated rings. The molecule has 1 rings (SSSR count). The lowest BCUT2D eigenvalue weighted by Crippen LogP contribution is -2.24. The van der Waals surface area contributed by atoms with Gasteiger partial charge in [0.15, 0.2) is 0 Å². The van der Waals surface area contributed by atoms with E-state index < -0.39 is 17.9 Å². The zero-order valence-corrected chi connectivity index (χ0v) is 4.37. The van der Waals surface area contributed by atoms with E-state index in [4.69, 9.17) is 0 Å². The fourth-order valence-corrected chi connectivity index (χ4v) is 0.463. The van der Waals surface area contributed by atoms with Gasteiger partial charge in [-0.25, -0.2) is 8.78 Å². The van der Waals surface area contributed by atoms with Crippen molar-refractivity contribution in [1.82, 2.24) is 0 Å². The van der Waals surface area contributed by atoms with Crippen molar-refractivity contribution in [3.63, 3.8) is 0 Å². The lowest BCUT2D eigenvalue weighted by molar-refractivity contribution is -0.0963. The SMILES string of the molecule is FC(F)C(F)(F)C1=CC1. The van der Waals surface area contributed by atoms with Crippen molar-refractivity contribution in [3.8, 4) is 0 Å². The molecule has 0 aromatic carbocycles. The van der Waals surface area contributed by atoms with E-state index in [1.807, 2.05) is 0 Å². The molecule has 1 aliphatic rings. The monoisotopic (exact) mass is 140 g/mol. The highest BCUT2D eigenvalue weighted by Crippen LogP contribution is 2.40. The Balaban J connectivity index is 2.60. The van der Waals surface area contributed by atoms with E-state index in [1.54, 1.807) is 0 Å². The lowest BCUT2D eigenvalue weighted by Gasteiger charge is -2.10. The Labute approximate surface area is 49.2 Å². The summed E-state index contributed by atoms with van der Waals surface area (Å²) in [7, 11) is 0. The second-order valence-corrected chi connectivity index (χ2v) is 1.86. The third kappa shape index (κ3) is 1.06. The quantitative estimate of drug-likeness (QED) is 0.407. The minimum atomic E-state index is -3.86. The first kappa shape index (κ1) is 6.58. The Kier molecular flexibility index (Phi) is 1.26. The van der Waals surface area contributed by atoms with Gasteiger partial charge in [0, 0.05) is 5.57 Å². The average molecular weight is 140 g/mol. The Morgan fingerprint density at radius 1 is 1.44 bits per heavy atom. The molecular formula is C5H4F4. The summed E-state index contributed by atoms with van der Waals surface area (Å²) in [4.78, 5) is 0. The first-order valence-corrected chi connectivity index (χ1v) is 2.40. The van der Waals surface area contributed by atoms with Gasteiger partial charge in [-0.2, -0.15) is 8.78 Å². The van der Waals surface area contributed by atoms with Crippen LogP contribution in [0.3, 0.4) is 0 Å². The Morgan fingerprint density at radius 2 is 1.89 bits per heavy atom. The minimum Gasteiger partial charge on any atom is -0.203 e. The maximum absolute atomic E-state index is 11.9. The fraction of sp³-hybridized carbons (Fsp3) is 0.600. The van der Waals surface area contributed by atoms with Crippen LogP contribution in [0.5, 0.6) is 0 Å². The van der Waals surface area contributed by atoms with Gasteiger partial charge in [0.05, 0.1) is 0 Å². The highest BCUT2D eigenvalue weighted by atomic mass is 19.3. The van der Waals surface area contributed by atoms with Crippen LogP contribution in [0.4, 0.5) is 17.6 Å². The van der Waals surface area contributed by atoms with E-state index in [0.29, 0.717) is 0 Å². The van der Waals surface area contributed by atoms with Gasteiger partial charge in [-0.15, -0.1) is 0 Å². The van der Waals surface area contributed by atoms with Crippen LogP contribution in [0.25, 0.3) is 0 Å². The normalized spacial score (nSPS) is 18.1. The molecule has 0 amide bonds. The van der Waals surface area contributed by atoms with Crippen molar-refractivity contribution in [2.24, 2.45) is 0 Å². The Hall–Kier alpha value is -0.540. The van der Waals surface area contributed by atoms with Crippen molar-refractivity contribution in [2.75, 3.05) is 0 Å². The summed E-state index contributed by atoms with van der Waals surface area (Å²) in [5, 5.41) is 0. The molecule has 9 heavy (non-hydrogen) atoms.